The molecule has 1 heterocycles. The van der Waals surface area contributed by atoms with Crippen LogP contribution in [0, 0.1) is 5.92 Å². The zero-order valence-electron chi connectivity index (χ0n) is 17.9. The monoisotopic (exact) mass is 372 g/mol. The number of hydrogen-bond donors (Lipinski definition) is 2. The SMILES string of the molecule is CCc1ccc(O)cc1[C@@]1(C)CCN(C)[C@H](C)[C@@H]1NCCC1CCCCC1. The lowest BCUT2D eigenvalue weighted by molar-refractivity contribution is 0.0869. The summed E-state index contributed by atoms with van der Waals surface area (Å²) < 4.78 is 0. The Morgan fingerprint density at radius 2 is 1.96 bits per heavy atom. The van der Waals surface area contributed by atoms with Gasteiger partial charge in [0.1, 0.15) is 5.75 Å². The van der Waals surface area contributed by atoms with Crippen LogP contribution >= 0.6 is 0 Å². The molecule has 3 heteroatoms. The molecule has 0 amide bonds. The van der Waals surface area contributed by atoms with Crippen molar-refractivity contribution in [2.24, 2.45) is 5.92 Å². The van der Waals surface area contributed by atoms with Gasteiger partial charge in [-0.05, 0) is 75.5 Å². The fraction of sp³-hybridized carbons (Fsp3) is 0.750. The molecular formula is C24H40N2O. The summed E-state index contributed by atoms with van der Waals surface area (Å²) in [5.74, 6) is 1.32. The minimum absolute atomic E-state index is 0.0581. The van der Waals surface area contributed by atoms with Crippen molar-refractivity contribution < 1.29 is 5.11 Å². The zero-order chi connectivity index (χ0) is 19.4. The summed E-state index contributed by atoms with van der Waals surface area (Å²) in [5.41, 5.74) is 2.79. The van der Waals surface area contributed by atoms with Gasteiger partial charge in [0.2, 0.25) is 0 Å². The van der Waals surface area contributed by atoms with Crippen LogP contribution < -0.4 is 5.32 Å². The van der Waals surface area contributed by atoms with Gasteiger partial charge >= 0.3 is 0 Å². The highest BCUT2D eigenvalue weighted by Gasteiger charge is 2.44. The Bertz CT molecular complexity index is 610. The van der Waals surface area contributed by atoms with E-state index in [1.54, 1.807) is 0 Å². The molecule has 2 aliphatic rings. The lowest BCUT2D eigenvalue weighted by atomic mass is 9.66. The molecule has 27 heavy (non-hydrogen) atoms. The topological polar surface area (TPSA) is 35.5 Å². The second kappa shape index (κ2) is 8.96. The zero-order valence-corrected chi connectivity index (χ0v) is 17.9. The van der Waals surface area contributed by atoms with E-state index < -0.39 is 0 Å². The molecule has 1 saturated heterocycles. The Kier molecular flexibility index (Phi) is 6.86. The lowest BCUT2D eigenvalue weighted by Gasteiger charge is -2.50. The summed E-state index contributed by atoms with van der Waals surface area (Å²) in [5, 5.41) is 14.2. The highest BCUT2D eigenvalue weighted by Crippen LogP contribution is 2.41. The average molecular weight is 373 g/mol. The summed E-state index contributed by atoms with van der Waals surface area (Å²) in [7, 11) is 2.25. The van der Waals surface area contributed by atoms with Gasteiger partial charge in [0, 0.05) is 17.5 Å². The fourth-order valence-corrected chi connectivity index (χ4v) is 5.58. The number of nitrogens with zero attached hydrogens (tertiary/aromatic N) is 1. The Morgan fingerprint density at radius 1 is 1.22 bits per heavy atom. The van der Waals surface area contributed by atoms with Gasteiger partial charge in [-0.2, -0.15) is 0 Å². The van der Waals surface area contributed by atoms with Gasteiger partial charge in [0.25, 0.3) is 0 Å². The maximum absolute atomic E-state index is 10.2. The largest absolute Gasteiger partial charge is 0.508 e. The van der Waals surface area contributed by atoms with E-state index in [4.69, 9.17) is 0 Å². The molecule has 1 aromatic rings. The summed E-state index contributed by atoms with van der Waals surface area (Å²) in [6, 6.07) is 6.90. The van der Waals surface area contributed by atoms with E-state index in [-0.39, 0.29) is 5.41 Å². The van der Waals surface area contributed by atoms with E-state index in [2.05, 4.69) is 44.1 Å². The van der Waals surface area contributed by atoms with Crippen LogP contribution in [0.1, 0.15) is 76.8 Å². The van der Waals surface area contributed by atoms with Crippen LogP contribution in [-0.2, 0) is 11.8 Å². The smallest absolute Gasteiger partial charge is 0.115 e. The van der Waals surface area contributed by atoms with Gasteiger partial charge in [-0.25, -0.2) is 0 Å². The molecule has 2 N–H and O–H groups in total. The number of hydrogen-bond acceptors (Lipinski definition) is 3. The molecule has 1 aromatic carbocycles. The number of aromatic hydroxyl groups is 1. The molecule has 0 aromatic heterocycles. The average Bonchev–Trinajstić information content (AvgIpc) is 2.68. The van der Waals surface area contributed by atoms with E-state index in [1.807, 2.05) is 12.1 Å². The molecule has 0 unspecified atom stereocenters. The molecule has 152 valence electrons. The first-order valence-corrected chi connectivity index (χ1v) is 11.2. The van der Waals surface area contributed by atoms with Gasteiger partial charge in [-0.1, -0.05) is 52.0 Å². The molecule has 0 spiro atoms. The fourth-order valence-electron chi connectivity index (χ4n) is 5.58. The standard InChI is InChI=1S/C24H40N2O/c1-5-20-11-12-21(27)17-22(20)24(3)14-16-26(4)18(2)23(24)25-15-13-19-9-7-6-8-10-19/h11-12,17-19,23,25,27H,5-10,13-16H2,1-4H3/t18-,23+,24-/m1/s1. The van der Waals surface area contributed by atoms with Crippen molar-refractivity contribution >= 4 is 0 Å². The van der Waals surface area contributed by atoms with Gasteiger partial charge in [-0.3, -0.25) is 0 Å². The number of rotatable bonds is 6. The van der Waals surface area contributed by atoms with Crippen molar-refractivity contribution in [2.45, 2.75) is 89.6 Å². The molecule has 0 bridgehead atoms. The third-order valence-electron chi connectivity index (χ3n) is 7.58. The second-order valence-corrected chi connectivity index (χ2v) is 9.31. The minimum Gasteiger partial charge on any atom is -0.508 e. The van der Waals surface area contributed by atoms with Gasteiger partial charge in [0.15, 0.2) is 0 Å². The normalized spacial score (nSPS) is 30.5. The van der Waals surface area contributed by atoms with Crippen LogP contribution in [-0.4, -0.2) is 42.2 Å². The second-order valence-electron chi connectivity index (χ2n) is 9.31. The Labute approximate surface area is 166 Å². The summed E-state index contributed by atoms with van der Waals surface area (Å²) in [4.78, 5) is 2.49. The number of aryl methyl sites for hydroxylation is 1. The van der Waals surface area contributed by atoms with Crippen molar-refractivity contribution in [3.63, 3.8) is 0 Å². The molecule has 1 aliphatic heterocycles. The van der Waals surface area contributed by atoms with Gasteiger partial charge in [0.05, 0.1) is 0 Å². The molecular weight excluding hydrogens is 332 g/mol. The Morgan fingerprint density at radius 3 is 2.67 bits per heavy atom. The highest BCUT2D eigenvalue weighted by molar-refractivity contribution is 5.42. The maximum Gasteiger partial charge on any atom is 0.115 e. The van der Waals surface area contributed by atoms with E-state index in [0.717, 1.165) is 31.8 Å². The highest BCUT2D eigenvalue weighted by atomic mass is 16.3. The van der Waals surface area contributed by atoms with Crippen molar-refractivity contribution in [1.29, 1.82) is 0 Å². The van der Waals surface area contributed by atoms with E-state index in [1.165, 1.54) is 49.7 Å². The van der Waals surface area contributed by atoms with Crippen LogP contribution in [0.3, 0.4) is 0 Å². The molecule has 3 atom stereocenters. The summed E-state index contributed by atoms with van der Waals surface area (Å²) in [6.07, 6.45) is 10.6. The predicted octanol–water partition coefficient (Wildman–Crippen LogP) is 4.86. The van der Waals surface area contributed by atoms with E-state index in [0.29, 0.717) is 17.8 Å². The first-order valence-electron chi connectivity index (χ1n) is 11.2. The molecule has 3 rings (SSSR count). The quantitative estimate of drug-likeness (QED) is 0.748. The Hall–Kier alpha value is -1.06. The lowest BCUT2D eigenvalue weighted by Crippen LogP contribution is -2.62. The predicted molar refractivity (Wildman–Crippen MR) is 115 cm³/mol. The number of likely N-dealkylation sites (tertiary alicyclic amines) is 1. The number of piperidine rings is 1. The van der Waals surface area contributed by atoms with Crippen LogP contribution in [0.5, 0.6) is 5.75 Å². The van der Waals surface area contributed by atoms with Crippen LogP contribution in [0.4, 0.5) is 0 Å². The van der Waals surface area contributed by atoms with Crippen molar-refractivity contribution in [1.82, 2.24) is 10.2 Å². The summed E-state index contributed by atoms with van der Waals surface area (Å²) >= 11 is 0. The van der Waals surface area contributed by atoms with E-state index >= 15 is 0 Å². The van der Waals surface area contributed by atoms with Crippen molar-refractivity contribution in [3.05, 3.63) is 29.3 Å². The van der Waals surface area contributed by atoms with Crippen molar-refractivity contribution in [3.8, 4) is 5.75 Å². The number of nitrogens with one attached hydrogen (secondary N) is 1. The van der Waals surface area contributed by atoms with Gasteiger partial charge in [-0.15, -0.1) is 0 Å². The van der Waals surface area contributed by atoms with Gasteiger partial charge < -0.3 is 15.3 Å². The number of phenols is 1. The molecule has 3 nitrogen and oxygen atoms in total. The Balaban J connectivity index is 1.79. The number of likely N-dealkylation sites (N-methyl/N-ethyl adjacent to an activating group) is 1. The van der Waals surface area contributed by atoms with Crippen LogP contribution in [0.2, 0.25) is 0 Å². The number of benzene rings is 1. The first-order chi connectivity index (χ1) is 13.0. The number of phenolic OH excluding ortho intramolecular Hbond substituents is 1. The summed E-state index contributed by atoms with van der Waals surface area (Å²) in [6.45, 7) is 9.23. The maximum atomic E-state index is 10.2. The van der Waals surface area contributed by atoms with Crippen LogP contribution in [0.25, 0.3) is 0 Å². The molecule has 2 fully saturated rings. The van der Waals surface area contributed by atoms with E-state index in [9.17, 15) is 5.11 Å². The third kappa shape index (κ3) is 4.51. The van der Waals surface area contributed by atoms with Crippen molar-refractivity contribution in [2.75, 3.05) is 20.1 Å². The molecule has 1 saturated carbocycles. The first kappa shape index (κ1) is 20.7. The van der Waals surface area contributed by atoms with Crippen LogP contribution in [0.15, 0.2) is 18.2 Å². The minimum atomic E-state index is 0.0581. The molecule has 0 radical (unpaired) electrons. The third-order valence-corrected chi connectivity index (χ3v) is 7.58. The molecule has 1 aliphatic carbocycles.